The second-order valence-electron chi connectivity index (χ2n) is 26.2. The number of aliphatic hydroxyl groups is 1. The van der Waals surface area contributed by atoms with E-state index in [0.717, 1.165) is 98.2 Å². The predicted octanol–water partition coefficient (Wildman–Crippen LogP) is 13.8. The number of allylic oxidation sites excluding steroid dienone is 1. The third-order valence-corrected chi connectivity index (χ3v) is 20.9. The van der Waals surface area contributed by atoms with Crippen LogP contribution in [0.3, 0.4) is 0 Å². The van der Waals surface area contributed by atoms with Crippen LogP contribution in [0.4, 0.5) is 17.6 Å². The lowest BCUT2D eigenvalue weighted by atomic mass is 9.70. The number of Topliss-reactive ketones (excluding diaryl/α,β-unsaturated/α-hetero) is 3. The van der Waals surface area contributed by atoms with E-state index in [1.807, 2.05) is 0 Å². The van der Waals surface area contributed by atoms with E-state index >= 15 is 0 Å². The number of nitrogens with zero attached hydrogens (tertiary/aromatic N) is 4. The maximum atomic E-state index is 13.7. The number of carbonyl (C=O) groups is 4. The minimum Gasteiger partial charge on any atom is -0.380 e. The topological polar surface area (TPSA) is 148 Å². The molecule has 1 saturated carbocycles. The van der Waals surface area contributed by atoms with Crippen LogP contribution >= 0.6 is 0 Å². The molecule has 2 atom stereocenters. The third-order valence-electron chi connectivity index (χ3n) is 19.6. The number of hydrogen-bond acceptors (Lipinski definition) is 10. The molecule has 0 spiro atoms. The summed E-state index contributed by atoms with van der Waals surface area (Å²) in [5.41, 5.74) is 9.18. The molecule has 2 unspecified atom stereocenters. The third kappa shape index (κ3) is 17.5. The van der Waals surface area contributed by atoms with E-state index in [9.17, 15) is 50.3 Å². The number of sulfonamides is 1. The molecular formula is C78H87F4N5O7S. The fourth-order valence-electron chi connectivity index (χ4n) is 14.4. The van der Waals surface area contributed by atoms with E-state index in [4.69, 9.17) is 0 Å². The smallest absolute Gasteiger partial charge is 0.228 e. The maximum absolute atomic E-state index is 13.7. The van der Waals surface area contributed by atoms with E-state index in [1.54, 1.807) is 66.7 Å². The normalized spacial score (nSPS) is 18.6. The molecule has 0 bridgehead atoms. The Morgan fingerprint density at radius 3 is 1.47 bits per heavy atom. The van der Waals surface area contributed by atoms with Crippen LogP contribution in [-0.2, 0) is 31.6 Å². The molecular weight excluding hydrogens is 1230 g/mol. The molecule has 500 valence electrons. The molecule has 5 aliphatic rings. The lowest BCUT2D eigenvalue weighted by Crippen LogP contribution is -2.49. The molecule has 95 heavy (non-hydrogen) atoms. The Hall–Kier alpha value is -7.77. The standard InChI is InChI=1S/C39H41F2N3O4.C21H26O.C18H20F2N2O2S/c1-25-9-18-33(39(48)42-25)35-37(46)32-8-5-6-28(34(32)38(35)47)24-31(45)7-3-2-4-19-43-20-22-44(23-21-43)36(26-10-14-29(40)15-11-26)27-12-16-30(41)17-13-27;1-16-8-12-19(13-9-16)21(22,18-6-4-3-5-7-18)20-14-10-17(2)11-15-20;1-25(23,24)22-12-10-21(11-13-22)18(14-2-6-16(19)7-3-14)15-4-8-17(20)9-5-15/h5-6,8,10-17,33,35-36H,1-4,7,9,18-24H2,(H,42,48);8-15,18,22H,3-7H2,1-2H3;2-9,18H,10-13H2,1H3. The van der Waals surface area contributed by atoms with Crippen LogP contribution in [-0.4, -0.2) is 121 Å². The number of piperazine rings is 2. The van der Waals surface area contributed by atoms with Gasteiger partial charge in [0.2, 0.25) is 15.9 Å². The van der Waals surface area contributed by atoms with Crippen molar-refractivity contribution in [1.82, 2.24) is 24.3 Å². The first-order valence-corrected chi connectivity index (χ1v) is 35.2. The number of carbonyl (C=O) groups excluding carboxylic acids is 4. The van der Waals surface area contributed by atoms with Gasteiger partial charge in [-0.1, -0.05) is 159 Å². The number of fused-ring (bicyclic) bond motifs is 1. The number of nitrogens with one attached hydrogen (secondary N) is 1. The quantitative estimate of drug-likeness (QED) is 0.0455. The lowest BCUT2D eigenvalue weighted by Gasteiger charge is -2.40. The Bertz CT molecular complexity index is 3750. The Labute approximate surface area is 557 Å². The highest BCUT2D eigenvalue weighted by Gasteiger charge is 2.48. The van der Waals surface area contributed by atoms with Gasteiger partial charge in [-0.25, -0.2) is 26.0 Å². The summed E-state index contributed by atoms with van der Waals surface area (Å²) in [6.45, 7) is 14.2. The zero-order chi connectivity index (χ0) is 67.4. The molecule has 2 aliphatic carbocycles. The highest BCUT2D eigenvalue weighted by molar-refractivity contribution is 7.88. The molecule has 3 aliphatic heterocycles. The Morgan fingerprint density at radius 2 is 1.03 bits per heavy atom. The summed E-state index contributed by atoms with van der Waals surface area (Å²) in [6.07, 6.45) is 11.2. The van der Waals surface area contributed by atoms with Crippen LogP contribution in [0.2, 0.25) is 0 Å². The Kier molecular flexibility index (Phi) is 23.5. The van der Waals surface area contributed by atoms with Gasteiger partial charge in [-0.05, 0) is 152 Å². The number of unbranched alkanes of at least 4 members (excludes halogenated alkanes) is 2. The average molecular weight is 1310 g/mol. The van der Waals surface area contributed by atoms with Crippen molar-refractivity contribution in [2.45, 2.75) is 109 Å². The van der Waals surface area contributed by atoms with Crippen molar-refractivity contribution in [1.29, 1.82) is 0 Å². The van der Waals surface area contributed by atoms with Gasteiger partial charge < -0.3 is 15.3 Å². The minimum absolute atomic E-state index is 0.0278. The van der Waals surface area contributed by atoms with Crippen LogP contribution in [0.1, 0.15) is 153 Å². The van der Waals surface area contributed by atoms with Crippen molar-refractivity contribution < 1.29 is 50.3 Å². The van der Waals surface area contributed by atoms with Gasteiger partial charge in [0.25, 0.3) is 0 Å². The molecule has 7 aromatic rings. The molecule has 2 N–H and O–H groups in total. The van der Waals surface area contributed by atoms with Crippen molar-refractivity contribution in [3.8, 4) is 0 Å². The fraction of sp³-hybridized carbons (Fsp3) is 0.385. The van der Waals surface area contributed by atoms with Gasteiger partial charge >= 0.3 is 0 Å². The lowest BCUT2D eigenvalue weighted by molar-refractivity contribution is -0.126. The van der Waals surface area contributed by atoms with Gasteiger partial charge in [-0.2, -0.15) is 4.31 Å². The van der Waals surface area contributed by atoms with Crippen molar-refractivity contribution in [2.24, 2.45) is 17.8 Å². The van der Waals surface area contributed by atoms with E-state index < -0.39 is 27.5 Å². The molecule has 7 aromatic carbocycles. The van der Waals surface area contributed by atoms with Crippen LogP contribution in [0.25, 0.3) is 0 Å². The number of amides is 1. The fourth-order valence-corrected chi connectivity index (χ4v) is 15.2. The summed E-state index contributed by atoms with van der Waals surface area (Å²) in [5, 5.41) is 14.4. The van der Waals surface area contributed by atoms with Gasteiger partial charge in [0.1, 0.15) is 34.7 Å². The molecule has 1 amide bonds. The van der Waals surface area contributed by atoms with Crippen molar-refractivity contribution in [3.05, 3.63) is 261 Å². The van der Waals surface area contributed by atoms with Gasteiger partial charge in [0.05, 0.1) is 30.2 Å². The van der Waals surface area contributed by atoms with Crippen LogP contribution in [0.15, 0.2) is 176 Å². The van der Waals surface area contributed by atoms with E-state index in [1.165, 1.54) is 89.5 Å². The summed E-state index contributed by atoms with van der Waals surface area (Å²) < 4.78 is 78.8. The van der Waals surface area contributed by atoms with Gasteiger partial charge in [0.15, 0.2) is 11.6 Å². The molecule has 12 nitrogen and oxygen atoms in total. The average Bonchev–Trinajstić information content (AvgIpc) is 1.79. The summed E-state index contributed by atoms with van der Waals surface area (Å²) in [7, 11) is -3.21. The number of piperidine rings is 1. The van der Waals surface area contributed by atoms with E-state index in [2.05, 4.69) is 89.0 Å². The SMILES string of the molecule is C=C1CCC(C2C(=O)c3cccc(CC(=O)CCCCCN4CCN(C(c5ccc(F)cc5)c5ccc(F)cc5)CC4)c3C2=O)C(=O)N1.CS(=O)(=O)N1CCN(C(c2ccc(F)cc2)c2ccc(F)cc2)CC1.Cc1ccc(C(O)(c2ccc(C)cc2)C2CCCCC2)cc1. The largest absolute Gasteiger partial charge is 0.380 e. The van der Waals surface area contributed by atoms with Crippen molar-refractivity contribution in [2.75, 3.05) is 65.2 Å². The first-order chi connectivity index (χ1) is 45.6. The molecule has 17 heteroatoms. The molecule has 3 saturated heterocycles. The van der Waals surface area contributed by atoms with Crippen LogP contribution < -0.4 is 5.32 Å². The second kappa shape index (κ2) is 31.9. The summed E-state index contributed by atoms with van der Waals surface area (Å²) in [4.78, 5) is 59.1. The summed E-state index contributed by atoms with van der Waals surface area (Å²) >= 11 is 0. The summed E-state index contributed by atoms with van der Waals surface area (Å²) in [5.74, 6) is -3.66. The van der Waals surface area contributed by atoms with Gasteiger partial charge in [-0.15, -0.1) is 0 Å². The maximum Gasteiger partial charge on any atom is 0.228 e. The highest BCUT2D eigenvalue weighted by atomic mass is 32.2. The molecule has 3 heterocycles. The zero-order valence-electron chi connectivity index (χ0n) is 54.6. The molecule has 4 fully saturated rings. The van der Waals surface area contributed by atoms with Gasteiger partial charge in [0, 0.05) is 82.0 Å². The zero-order valence-corrected chi connectivity index (χ0v) is 55.5. The van der Waals surface area contributed by atoms with Crippen LogP contribution in [0.5, 0.6) is 0 Å². The number of benzene rings is 7. The van der Waals surface area contributed by atoms with Crippen LogP contribution in [0, 0.1) is 54.9 Å². The number of aryl methyl sites for hydroxylation is 2. The highest BCUT2D eigenvalue weighted by Crippen LogP contribution is 2.45. The Balaban J connectivity index is 0.000000174. The van der Waals surface area contributed by atoms with E-state index in [-0.39, 0.29) is 65.0 Å². The monoisotopic (exact) mass is 1310 g/mol. The number of hydrogen-bond donors (Lipinski definition) is 2. The second-order valence-corrected chi connectivity index (χ2v) is 28.2. The number of rotatable bonds is 19. The number of halogens is 4. The molecule has 0 aromatic heterocycles. The first-order valence-electron chi connectivity index (χ1n) is 33.4. The predicted molar refractivity (Wildman–Crippen MR) is 363 cm³/mol. The summed E-state index contributed by atoms with van der Waals surface area (Å²) in [6, 6.07) is 47.2. The van der Waals surface area contributed by atoms with Crippen molar-refractivity contribution in [3.63, 3.8) is 0 Å². The Morgan fingerprint density at radius 1 is 0.579 bits per heavy atom. The van der Waals surface area contributed by atoms with E-state index in [0.29, 0.717) is 73.7 Å². The first kappa shape index (κ1) is 70.0. The number of ketones is 3. The minimum atomic E-state index is -3.21. The molecule has 12 rings (SSSR count). The molecule has 0 radical (unpaired) electrons. The van der Waals surface area contributed by atoms with Crippen molar-refractivity contribution >= 4 is 33.3 Å². The van der Waals surface area contributed by atoms with Gasteiger partial charge in [-0.3, -0.25) is 29.0 Å².